The van der Waals surface area contributed by atoms with Crippen LogP contribution in [0.25, 0.3) is 0 Å². The van der Waals surface area contributed by atoms with Crippen LogP contribution in [0.5, 0.6) is 0 Å². The molecule has 0 amide bonds. The predicted molar refractivity (Wildman–Crippen MR) is 103 cm³/mol. The third-order valence-electron chi connectivity index (χ3n) is 4.40. The van der Waals surface area contributed by atoms with E-state index in [1.54, 1.807) is 0 Å². The molecule has 0 aliphatic carbocycles. The molecule has 4 nitrogen and oxygen atoms in total. The van der Waals surface area contributed by atoms with Crippen LogP contribution in [0, 0.1) is 6.92 Å². The number of benzene rings is 2. The Morgan fingerprint density at radius 2 is 1.88 bits per heavy atom. The molecular weight excluding hydrogens is 296 g/mol. The molecule has 0 atom stereocenters. The lowest BCUT2D eigenvalue weighted by atomic mass is 10.1. The van der Waals surface area contributed by atoms with E-state index in [-0.39, 0.29) is 0 Å². The number of nitrogens with two attached hydrogens (primary N) is 1. The van der Waals surface area contributed by atoms with Gasteiger partial charge >= 0.3 is 0 Å². The summed E-state index contributed by atoms with van der Waals surface area (Å²) in [6, 6.07) is 16.6. The van der Waals surface area contributed by atoms with Gasteiger partial charge in [-0.05, 0) is 55.5 Å². The molecule has 0 unspecified atom stereocenters. The quantitative estimate of drug-likeness (QED) is 0.663. The van der Waals surface area contributed by atoms with Crippen molar-refractivity contribution in [3.63, 3.8) is 0 Å². The van der Waals surface area contributed by atoms with Crippen LogP contribution in [0.3, 0.4) is 0 Å². The van der Waals surface area contributed by atoms with Crippen molar-refractivity contribution in [1.82, 2.24) is 0 Å². The third kappa shape index (κ3) is 4.28. The van der Waals surface area contributed by atoms with E-state index in [0.717, 1.165) is 18.8 Å². The van der Waals surface area contributed by atoms with Gasteiger partial charge in [-0.3, -0.25) is 0 Å². The zero-order chi connectivity index (χ0) is 16.8. The zero-order valence-corrected chi connectivity index (χ0v) is 14.3. The van der Waals surface area contributed by atoms with Crippen molar-refractivity contribution in [3.05, 3.63) is 59.7 Å². The second-order valence-corrected chi connectivity index (χ2v) is 6.37. The highest BCUT2D eigenvalue weighted by Gasteiger charge is 2.13. The van der Waals surface area contributed by atoms with Crippen molar-refractivity contribution in [2.45, 2.75) is 32.7 Å². The molecule has 1 aliphatic heterocycles. The van der Waals surface area contributed by atoms with Gasteiger partial charge < -0.3 is 16.0 Å². The summed E-state index contributed by atoms with van der Waals surface area (Å²) in [7, 11) is 0. The van der Waals surface area contributed by atoms with Gasteiger partial charge in [-0.1, -0.05) is 30.3 Å². The Hall–Kier alpha value is -2.49. The molecule has 4 heteroatoms. The van der Waals surface area contributed by atoms with Gasteiger partial charge in [-0.2, -0.15) is 0 Å². The monoisotopic (exact) mass is 322 g/mol. The van der Waals surface area contributed by atoms with Crippen molar-refractivity contribution in [2.75, 3.05) is 23.3 Å². The fraction of sp³-hybridized carbons (Fsp3) is 0.350. The van der Waals surface area contributed by atoms with E-state index in [2.05, 4.69) is 58.5 Å². The molecule has 1 fully saturated rings. The number of aliphatic imine (C=N–C) groups is 1. The van der Waals surface area contributed by atoms with Crippen LogP contribution in [0.2, 0.25) is 0 Å². The molecule has 24 heavy (non-hydrogen) atoms. The summed E-state index contributed by atoms with van der Waals surface area (Å²) < 4.78 is 0. The summed E-state index contributed by atoms with van der Waals surface area (Å²) in [6.45, 7) is 4.93. The number of rotatable bonds is 4. The van der Waals surface area contributed by atoms with Crippen molar-refractivity contribution in [3.8, 4) is 0 Å². The first kappa shape index (κ1) is 16.4. The summed E-state index contributed by atoms with van der Waals surface area (Å²) in [5.74, 6) is 0.453. The van der Waals surface area contributed by atoms with E-state index in [1.807, 2.05) is 12.1 Å². The number of hydrogen-bond donors (Lipinski definition) is 2. The first-order chi connectivity index (χ1) is 11.7. The second kappa shape index (κ2) is 7.86. The summed E-state index contributed by atoms with van der Waals surface area (Å²) in [5, 5.41) is 3.17. The Kier molecular flexibility index (Phi) is 5.36. The van der Waals surface area contributed by atoms with E-state index in [0.29, 0.717) is 12.5 Å². The van der Waals surface area contributed by atoms with Crippen LogP contribution >= 0.6 is 0 Å². The van der Waals surface area contributed by atoms with Crippen molar-refractivity contribution < 1.29 is 0 Å². The zero-order valence-electron chi connectivity index (χ0n) is 14.3. The number of nitrogens with one attached hydrogen (secondary N) is 1. The van der Waals surface area contributed by atoms with Gasteiger partial charge in [0.15, 0.2) is 5.96 Å². The molecule has 0 spiro atoms. The molecule has 0 aromatic heterocycles. The average Bonchev–Trinajstić information content (AvgIpc) is 2.61. The van der Waals surface area contributed by atoms with Gasteiger partial charge in [0.25, 0.3) is 0 Å². The minimum Gasteiger partial charge on any atom is -0.371 e. The summed E-state index contributed by atoms with van der Waals surface area (Å²) in [6.07, 6.45) is 3.88. The largest absolute Gasteiger partial charge is 0.371 e. The molecule has 3 N–H and O–H groups in total. The van der Waals surface area contributed by atoms with Gasteiger partial charge in [-0.25, -0.2) is 4.99 Å². The predicted octanol–water partition coefficient (Wildman–Crippen LogP) is 3.91. The van der Waals surface area contributed by atoms with Crippen molar-refractivity contribution in [2.24, 2.45) is 10.7 Å². The molecule has 2 aromatic rings. The minimum absolute atomic E-state index is 0.453. The maximum atomic E-state index is 6.06. The average molecular weight is 322 g/mol. The highest BCUT2D eigenvalue weighted by atomic mass is 15.1. The molecule has 1 aliphatic rings. The first-order valence-corrected chi connectivity index (χ1v) is 8.69. The number of guanidine groups is 1. The Bertz CT molecular complexity index is 702. The van der Waals surface area contributed by atoms with Gasteiger partial charge in [0.05, 0.1) is 6.54 Å². The van der Waals surface area contributed by atoms with Gasteiger partial charge in [0, 0.05) is 24.5 Å². The maximum Gasteiger partial charge on any atom is 0.193 e. The Morgan fingerprint density at radius 3 is 2.67 bits per heavy atom. The fourth-order valence-electron chi connectivity index (χ4n) is 3.17. The topological polar surface area (TPSA) is 53.6 Å². The normalized spacial score (nSPS) is 15.4. The van der Waals surface area contributed by atoms with E-state index in [4.69, 9.17) is 5.73 Å². The Morgan fingerprint density at radius 1 is 1.08 bits per heavy atom. The second-order valence-electron chi connectivity index (χ2n) is 6.37. The molecule has 0 bridgehead atoms. The number of para-hydroxylation sites is 1. The van der Waals surface area contributed by atoms with Crippen LogP contribution < -0.4 is 16.0 Å². The van der Waals surface area contributed by atoms with E-state index in [9.17, 15) is 0 Å². The van der Waals surface area contributed by atoms with Crippen LogP contribution in [0.4, 0.5) is 11.4 Å². The van der Waals surface area contributed by atoms with Gasteiger partial charge in [-0.15, -0.1) is 0 Å². The lowest BCUT2D eigenvalue weighted by molar-refractivity contribution is 0.576. The summed E-state index contributed by atoms with van der Waals surface area (Å²) >= 11 is 0. The van der Waals surface area contributed by atoms with Gasteiger partial charge in [0.2, 0.25) is 0 Å². The number of piperidine rings is 1. The van der Waals surface area contributed by atoms with E-state index >= 15 is 0 Å². The SMILES string of the molecule is Cc1cccc(NC(N)=NCc2ccccc2N2CCCCC2)c1. The molecule has 1 heterocycles. The third-order valence-corrected chi connectivity index (χ3v) is 4.40. The van der Waals surface area contributed by atoms with Crippen LogP contribution in [0.15, 0.2) is 53.5 Å². The van der Waals surface area contributed by atoms with E-state index < -0.39 is 0 Å². The fourth-order valence-corrected chi connectivity index (χ4v) is 3.17. The molecule has 3 rings (SSSR count). The minimum atomic E-state index is 0.453. The number of anilines is 2. The van der Waals surface area contributed by atoms with Crippen molar-refractivity contribution in [1.29, 1.82) is 0 Å². The molecule has 126 valence electrons. The van der Waals surface area contributed by atoms with Crippen LogP contribution in [0.1, 0.15) is 30.4 Å². The molecule has 0 saturated carbocycles. The molecule has 1 saturated heterocycles. The van der Waals surface area contributed by atoms with Crippen molar-refractivity contribution >= 4 is 17.3 Å². The number of nitrogens with zero attached hydrogens (tertiary/aromatic N) is 2. The molecule has 2 aromatic carbocycles. The first-order valence-electron chi connectivity index (χ1n) is 8.69. The number of aryl methyl sites for hydroxylation is 1. The molecule has 0 radical (unpaired) electrons. The Balaban J connectivity index is 1.69. The maximum absolute atomic E-state index is 6.06. The lowest BCUT2D eigenvalue weighted by Gasteiger charge is -2.30. The lowest BCUT2D eigenvalue weighted by Crippen LogP contribution is -2.30. The van der Waals surface area contributed by atoms with E-state index in [1.165, 1.54) is 36.1 Å². The van der Waals surface area contributed by atoms with Gasteiger partial charge in [0.1, 0.15) is 0 Å². The smallest absolute Gasteiger partial charge is 0.193 e. The highest BCUT2D eigenvalue weighted by Crippen LogP contribution is 2.24. The standard InChI is InChI=1S/C20H26N4/c1-16-8-7-10-18(14-16)23-20(21)22-15-17-9-3-4-11-19(17)24-12-5-2-6-13-24/h3-4,7-11,14H,2,5-6,12-13,15H2,1H3,(H3,21,22,23). The summed E-state index contributed by atoms with van der Waals surface area (Å²) in [4.78, 5) is 7.00. The van der Waals surface area contributed by atoms with Crippen LogP contribution in [-0.4, -0.2) is 19.0 Å². The molecular formula is C20H26N4. The number of hydrogen-bond acceptors (Lipinski definition) is 2. The highest BCUT2D eigenvalue weighted by molar-refractivity contribution is 5.92. The van der Waals surface area contributed by atoms with Crippen LogP contribution in [-0.2, 0) is 6.54 Å². The Labute approximate surface area is 144 Å². The summed E-state index contributed by atoms with van der Waals surface area (Å²) in [5.41, 5.74) is 10.8.